The van der Waals surface area contributed by atoms with Crippen molar-refractivity contribution in [1.82, 2.24) is 9.62 Å². The van der Waals surface area contributed by atoms with Crippen molar-refractivity contribution in [2.75, 3.05) is 26.2 Å². The summed E-state index contributed by atoms with van der Waals surface area (Å²) in [5, 5.41) is 0. The molecule has 3 rings (SSSR count). The highest BCUT2D eigenvalue weighted by Crippen LogP contribution is 2.22. The molecule has 156 valence electrons. The number of carbonyl (C=O) groups is 1. The Balaban J connectivity index is 1.48. The fraction of sp³-hybridized carbons (Fsp3) is 0.409. The quantitative estimate of drug-likeness (QED) is 0.704. The molecule has 1 saturated heterocycles. The lowest BCUT2D eigenvalue weighted by molar-refractivity contribution is -0.139. The number of rotatable bonds is 7. The van der Waals surface area contributed by atoms with Gasteiger partial charge in [-0.05, 0) is 37.5 Å². The van der Waals surface area contributed by atoms with Crippen molar-refractivity contribution in [3.05, 3.63) is 65.2 Å². The second-order valence-corrected chi connectivity index (χ2v) is 9.12. The van der Waals surface area contributed by atoms with Crippen molar-refractivity contribution >= 4 is 15.9 Å². The third-order valence-electron chi connectivity index (χ3n) is 5.07. The molecule has 6 nitrogen and oxygen atoms in total. The second kappa shape index (κ2) is 9.52. The molecule has 1 atom stereocenters. The number of sulfonamides is 1. The Morgan fingerprint density at radius 1 is 1.17 bits per heavy atom. The fourth-order valence-corrected chi connectivity index (χ4v) is 4.83. The zero-order chi connectivity index (χ0) is 20.9. The van der Waals surface area contributed by atoms with Crippen LogP contribution in [0.25, 0.3) is 0 Å². The fourth-order valence-electron chi connectivity index (χ4n) is 3.53. The summed E-state index contributed by atoms with van der Waals surface area (Å²) in [6, 6.07) is 15.1. The van der Waals surface area contributed by atoms with E-state index in [2.05, 4.69) is 4.72 Å². The third-order valence-corrected chi connectivity index (χ3v) is 6.69. The summed E-state index contributed by atoms with van der Waals surface area (Å²) in [5.74, 6) is 0.0277. The summed E-state index contributed by atoms with van der Waals surface area (Å²) in [6.45, 7) is 5.54. The van der Waals surface area contributed by atoms with Crippen LogP contribution in [0.2, 0.25) is 0 Å². The Morgan fingerprint density at radius 2 is 1.93 bits per heavy atom. The minimum absolute atomic E-state index is 0.0277. The number of benzene rings is 2. The lowest BCUT2D eigenvalue weighted by Crippen LogP contribution is -2.42. The van der Waals surface area contributed by atoms with Gasteiger partial charge in [0.1, 0.15) is 6.10 Å². The zero-order valence-electron chi connectivity index (χ0n) is 16.9. The number of morpholine rings is 1. The molecule has 1 fully saturated rings. The van der Waals surface area contributed by atoms with E-state index in [0.29, 0.717) is 38.1 Å². The van der Waals surface area contributed by atoms with Crippen molar-refractivity contribution in [1.29, 1.82) is 0 Å². The minimum Gasteiger partial charge on any atom is -0.370 e. The van der Waals surface area contributed by atoms with Crippen molar-refractivity contribution in [3.63, 3.8) is 0 Å². The second-order valence-electron chi connectivity index (χ2n) is 7.38. The molecule has 0 bridgehead atoms. The van der Waals surface area contributed by atoms with Crippen molar-refractivity contribution in [2.24, 2.45) is 0 Å². The summed E-state index contributed by atoms with van der Waals surface area (Å²) in [7, 11) is -3.57. The van der Waals surface area contributed by atoms with Crippen molar-refractivity contribution < 1.29 is 17.9 Å². The van der Waals surface area contributed by atoms with Gasteiger partial charge in [0.25, 0.3) is 0 Å². The number of ether oxygens (including phenoxy) is 1. The van der Waals surface area contributed by atoms with E-state index in [9.17, 15) is 13.2 Å². The molecule has 0 aromatic heterocycles. The average molecular weight is 417 g/mol. The van der Waals surface area contributed by atoms with Crippen LogP contribution in [0.1, 0.15) is 35.6 Å². The van der Waals surface area contributed by atoms with Gasteiger partial charge in [0, 0.05) is 19.5 Å². The summed E-state index contributed by atoms with van der Waals surface area (Å²) >= 11 is 0. The van der Waals surface area contributed by atoms with Gasteiger partial charge in [-0.3, -0.25) is 4.79 Å². The Labute approximate surface area is 172 Å². The van der Waals surface area contributed by atoms with Gasteiger partial charge in [0.2, 0.25) is 15.9 Å². The number of aryl methyl sites for hydroxylation is 2. The number of hydrogen-bond donors (Lipinski definition) is 1. The van der Waals surface area contributed by atoms with Crippen LogP contribution in [0.5, 0.6) is 0 Å². The molecule has 1 heterocycles. The topological polar surface area (TPSA) is 75.7 Å². The van der Waals surface area contributed by atoms with Crippen LogP contribution >= 0.6 is 0 Å². The van der Waals surface area contributed by atoms with E-state index in [1.165, 1.54) is 0 Å². The molecule has 1 amide bonds. The first-order chi connectivity index (χ1) is 13.9. The lowest BCUT2D eigenvalue weighted by Gasteiger charge is -2.33. The van der Waals surface area contributed by atoms with E-state index < -0.39 is 10.0 Å². The van der Waals surface area contributed by atoms with Crippen molar-refractivity contribution in [3.8, 4) is 0 Å². The van der Waals surface area contributed by atoms with E-state index in [1.54, 1.807) is 24.0 Å². The molecule has 2 aromatic carbocycles. The highest BCUT2D eigenvalue weighted by Gasteiger charge is 2.25. The largest absolute Gasteiger partial charge is 0.370 e. The third kappa shape index (κ3) is 5.65. The molecule has 0 spiro atoms. The predicted octanol–water partition coefficient (Wildman–Crippen LogP) is 2.96. The van der Waals surface area contributed by atoms with Gasteiger partial charge in [0.15, 0.2) is 0 Å². The number of amides is 1. The molecular weight excluding hydrogens is 388 g/mol. The van der Waals surface area contributed by atoms with Gasteiger partial charge in [-0.25, -0.2) is 13.1 Å². The Hall–Kier alpha value is -2.22. The maximum atomic E-state index is 12.6. The van der Waals surface area contributed by atoms with E-state index >= 15 is 0 Å². The van der Waals surface area contributed by atoms with Gasteiger partial charge in [0.05, 0.1) is 18.0 Å². The molecule has 7 heteroatoms. The molecule has 1 aliphatic rings. The molecule has 1 aliphatic heterocycles. The average Bonchev–Trinajstić information content (AvgIpc) is 2.71. The summed E-state index contributed by atoms with van der Waals surface area (Å²) in [4.78, 5) is 14.6. The molecule has 2 aromatic rings. The first kappa shape index (κ1) is 21.5. The Kier molecular flexibility index (Phi) is 7.05. The van der Waals surface area contributed by atoms with Crippen LogP contribution in [0.3, 0.4) is 0 Å². The molecule has 0 radical (unpaired) electrons. The molecular formula is C22H28N2O4S. The molecule has 1 N–H and O–H groups in total. The Morgan fingerprint density at radius 3 is 2.66 bits per heavy atom. The monoisotopic (exact) mass is 416 g/mol. The number of nitrogens with zero attached hydrogens (tertiary/aromatic N) is 1. The number of hydrogen-bond acceptors (Lipinski definition) is 4. The molecule has 0 saturated carbocycles. The standard InChI is InChI=1S/C22H28N2O4S/c1-17-10-11-21(18(2)15-17)29(26,27)23-12-6-9-22(25)24-13-14-28-20(16-24)19-7-4-3-5-8-19/h3-5,7-8,10-11,15,20,23H,6,9,12-14,16H2,1-2H3. The maximum absolute atomic E-state index is 12.6. The van der Waals surface area contributed by atoms with Gasteiger partial charge in [-0.2, -0.15) is 0 Å². The van der Waals surface area contributed by atoms with Crippen LogP contribution in [0.15, 0.2) is 53.4 Å². The SMILES string of the molecule is Cc1ccc(S(=O)(=O)NCCCC(=O)N2CCOC(c3ccccc3)C2)c(C)c1. The van der Waals surface area contributed by atoms with E-state index in [0.717, 1.165) is 11.1 Å². The lowest BCUT2D eigenvalue weighted by atomic mass is 10.1. The zero-order valence-corrected chi connectivity index (χ0v) is 17.7. The first-order valence-electron chi connectivity index (χ1n) is 9.88. The predicted molar refractivity (Wildman–Crippen MR) is 112 cm³/mol. The van der Waals surface area contributed by atoms with Crippen LogP contribution < -0.4 is 4.72 Å². The van der Waals surface area contributed by atoms with E-state index in [-0.39, 0.29) is 23.5 Å². The highest BCUT2D eigenvalue weighted by atomic mass is 32.2. The van der Waals surface area contributed by atoms with E-state index in [1.807, 2.05) is 43.3 Å². The first-order valence-corrected chi connectivity index (χ1v) is 11.4. The normalized spacial score (nSPS) is 17.3. The minimum atomic E-state index is -3.57. The molecule has 0 aliphatic carbocycles. The van der Waals surface area contributed by atoms with Gasteiger partial charge < -0.3 is 9.64 Å². The Bertz CT molecular complexity index is 945. The molecule has 1 unspecified atom stereocenters. The van der Waals surface area contributed by atoms with E-state index in [4.69, 9.17) is 4.74 Å². The van der Waals surface area contributed by atoms with Gasteiger partial charge in [-0.15, -0.1) is 0 Å². The van der Waals surface area contributed by atoms with Crippen LogP contribution in [-0.2, 0) is 19.6 Å². The highest BCUT2D eigenvalue weighted by molar-refractivity contribution is 7.89. The summed E-state index contributed by atoms with van der Waals surface area (Å²) < 4.78 is 33.4. The number of nitrogens with one attached hydrogen (secondary N) is 1. The summed E-state index contributed by atoms with van der Waals surface area (Å²) in [5.41, 5.74) is 2.80. The number of carbonyl (C=O) groups excluding carboxylic acids is 1. The smallest absolute Gasteiger partial charge is 0.240 e. The van der Waals surface area contributed by atoms with Gasteiger partial charge in [-0.1, -0.05) is 48.0 Å². The van der Waals surface area contributed by atoms with Crippen LogP contribution in [0, 0.1) is 13.8 Å². The molecule has 29 heavy (non-hydrogen) atoms. The van der Waals surface area contributed by atoms with Crippen LogP contribution in [-0.4, -0.2) is 45.5 Å². The van der Waals surface area contributed by atoms with Gasteiger partial charge >= 0.3 is 0 Å². The van der Waals surface area contributed by atoms with Crippen LogP contribution in [0.4, 0.5) is 0 Å². The van der Waals surface area contributed by atoms with Crippen molar-refractivity contribution in [2.45, 2.75) is 37.7 Å². The summed E-state index contributed by atoms with van der Waals surface area (Å²) in [6.07, 6.45) is 0.643. The maximum Gasteiger partial charge on any atom is 0.240 e.